The maximum Gasteiger partial charge on any atom is 0.272 e. The zero-order valence-corrected chi connectivity index (χ0v) is 14.1. The largest absolute Gasteiger partial charge is 0.344 e. The molecule has 2 aromatic rings. The van der Waals surface area contributed by atoms with Crippen LogP contribution in [0.15, 0.2) is 30.5 Å². The zero-order valence-electron chi connectivity index (χ0n) is 14.1. The van der Waals surface area contributed by atoms with Crippen molar-refractivity contribution < 1.29 is 13.6 Å². The van der Waals surface area contributed by atoms with E-state index in [9.17, 15) is 13.6 Å². The van der Waals surface area contributed by atoms with Crippen LogP contribution in [0.4, 0.5) is 8.78 Å². The molecule has 134 valence electrons. The van der Waals surface area contributed by atoms with Crippen molar-refractivity contribution in [3.05, 3.63) is 53.4 Å². The number of halogens is 2. The first-order chi connectivity index (χ1) is 12.1. The fraction of sp³-hybridized carbons (Fsp3) is 0.444. The van der Waals surface area contributed by atoms with Gasteiger partial charge in [-0.3, -0.25) is 9.48 Å². The standard InChI is InChI=1S/C18H22F2N4O/c1-2-16(14-6-5-12(19)10-15(14)20)22-18(25)17-7-9-24(23-17)13-4-3-8-21-11-13/h5-7,9-10,13,16,21H,2-4,8,11H2,1H3,(H,22,25). The van der Waals surface area contributed by atoms with Gasteiger partial charge in [-0.1, -0.05) is 13.0 Å². The summed E-state index contributed by atoms with van der Waals surface area (Å²) in [6.07, 6.45) is 4.38. The molecule has 1 aliphatic heterocycles. The summed E-state index contributed by atoms with van der Waals surface area (Å²) in [5.74, 6) is -1.66. The van der Waals surface area contributed by atoms with Crippen molar-refractivity contribution in [2.75, 3.05) is 13.1 Å². The molecule has 1 aliphatic rings. The van der Waals surface area contributed by atoms with Crippen molar-refractivity contribution >= 4 is 5.91 Å². The van der Waals surface area contributed by atoms with E-state index in [1.807, 2.05) is 6.92 Å². The first-order valence-electron chi connectivity index (χ1n) is 8.60. The maximum atomic E-state index is 14.0. The van der Waals surface area contributed by atoms with Gasteiger partial charge in [0.2, 0.25) is 0 Å². The predicted octanol–water partition coefficient (Wildman–Crippen LogP) is 2.97. The van der Waals surface area contributed by atoms with Gasteiger partial charge in [0.1, 0.15) is 17.3 Å². The van der Waals surface area contributed by atoms with Crippen molar-refractivity contribution in [2.24, 2.45) is 0 Å². The lowest BCUT2D eigenvalue weighted by Gasteiger charge is -2.23. The molecule has 2 heterocycles. The number of aromatic nitrogens is 2. The van der Waals surface area contributed by atoms with E-state index in [0.29, 0.717) is 12.1 Å². The molecule has 0 saturated carbocycles. The molecule has 1 aromatic heterocycles. The number of hydrogen-bond donors (Lipinski definition) is 2. The van der Waals surface area contributed by atoms with Crippen LogP contribution in [0, 0.1) is 11.6 Å². The molecule has 1 aromatic carbocycles. The average Bonchev–Trinajstić information content (AvgIpc) is 3.11. The van der Waals surface area contributed by atoms with E-state index in [-0.39, 0.29) is 17.5 Å². The van der Waals surface area contributed by atoms with Crippen LogP contribution in [0.2, 0.25) is 0 Å². The third kappa shape index (κ3) is 4.04. The number of nitrogens with one attached hydrogen (secondary N) is 2. The van der Waals surface area contributed by atoms with Crippen LogP contribution in [0.25, 0.3) is 0 Å². The Bertz CT molecular complexity index is 740. The van der Waals surface area contributed by atoms with E-state index in [4.69, 9.17) is 0 Å². The van der Waals surface area contributed by atoms with E-state index in [1.54, 1.807) is 16.9 Å². The van der Waals surface area contributed by atoms with Gasteiger partial charge in [0, 0.05) is 24.4 Å². The highest BCUT2D eigenvalue weighted by Crippen LogP contribution is 2.22. The average molecular weight is 348 g/mol. The molecule has 1 amide bonds. The van der Waals surface area contributed by atoms with Crippen molar-refractivity contribution in [2.45, 2.75) is 38.3 Å². The van der Waals surface area contributed by atoms with E-state index >= 15 is 0 Å². The van der Waals surface area contributed by atoms with Crippen LogP contribution in [-0.2, 0) is 0 Å². The lowest BCUT2D eigenvalue weighted by Crippen LogP contribution is -2.32. The Hall–Kier alpha value is -2.28. The molecule has 25 heavy (non-hydrogen) atoms. The minimum atomic E-state index is -0.661. The second kappa shape index (κ2) is 7.74. The summed E-state index contributed by atoms with van der Waals surface area (Å²) in [5, 5.41) is 10.5. The number of nitrogens with zero attached hydrogens (tertiary/aromatic N) is 2. The van der Waals surface area contributed by atoms with Crippen LogP contribution >= 0.6 is 0 Å². The highest BCUT2D eigenvalue weighted by molar-refractivity contribution is 5.92. The summed E-state index contributed by atoms with van der Waals surface area (Å²) in [7, 11) is 0. The summed E-state index contributed by atoms with van der Waals surface area (Å²) in [6.45, 7) is 3.67. The number of carbonyl (C=O) groups excluding carboxylic acids is 1. The Labute approximate surface area is 145 Å². The van der Waals surface area contributed by atoms with Crippen LogP contribution in [-0.4, -0.2) is 28.8 Å². The smallest absolute Gasteiger partial charge is 0.272 e. The number of benzene rings is 1. The molecule has 3 rings (SSSR count). The number of hydrogen-bond acceptors (Lipinski definition) is 3. The lowest BCUT2D eigenvalue weighted by molar-refractivity contribution is 0.0928. The Morgan fingerprint density at radius 2 is 2.28 bits per heavy atom. The number of amides is 1. The summed E-state index contributed by atoms with van der Waals surface area (Å²) in [6, 6.07) is 4.76. The molecule has 1 fully saturated rings. The van der Waals surface area contributed by atoms with Gasteiger partial charge in [0.15, 0.2) is 0 Å². The van der Waals surface area contributed by atoms with Crippen molar-refractivity contribution in [1.29, 1.82) is 0 Å². The molecular weight excluding hydrogens is 326 g/mol. The molecule has 2 atom stereocenters. The van der Waals surface area contributed by atoms with Gasteiger partial charge in [-0.05, 0) is 37.9 Å². The molecule has 1 saturated heterocycles. The second-order valence-corrected chi connectivity index (χ2v) is 6.28. The molecule has 2 N–H and O–H groups in total. The molecule has 0 bridgehead atoms. The Balaban J connectivity index is 1.71. The van der Waals surface area contributed by atoms with Gasteiger partial charge >= 0.3 is 0 Å². The molecule has 0 aliphatic carbocycles. The second-order valence-electron chi connectivity index (χ2n) is 6.28. The highest BCUT2D eigenvalue weighted by atomic mass is 19.1. The minimum absolute atomic E-state index is 0.242. The minimum Gasteiger partial charge on any atom is -0.344 e. The SMILES string of the molecule is CCC(NC(=O)c1ccn(C2CCCNC2)n1)c1ccc(F)cc1F. The molecule has 0 spiro atoms. The molecule has 7 heteroatoms. The first kappa shape index (κ1) is 17.5. The highest BCUT2D eigenvalue weighted by Gasteiger charge is 2.21. The Morgan fingerprint density at radius 3 is 2.96 bits per heavy atom. The summed E-state index contributed by atoms with van der Waals surface area (Å²) >= 11 is 0. The fourth-order valence-corrected chi connectivity index (χ4v) is 3.14. The van der Waals surface area contributed by atoms with Gasteiger partial charge in [-0.2, -0.15) is 5.10 Å². The van der Waals surface area contributed by atoms with Gasteiger partial charge in [-0.25, -0.2) is 8.78 Å². The lowest BCUT2D eigenvalue weighted by atomic mass is 10.0. The maximum absolute atomic E-state index is 14.0. The van der Waals surface area contributed by atoms with Crippen LogP contribution < -0.4 is 10.6 Å². The first-order valence-corrected chi connectivity index (χ1v) is 8.60. The predicted molar refractivity (Wildman–Crippen MR) is 90.2 cm³/mol. The summed E-state index contributed by atoms with van der Waals surface area (Å²) < 4.78 is 28.9. The topological polar surface area (TPSA) is 59.0 Å². The van der Waals surface area contributed by atoms with Crippen molar-refractivity contribution in [1.82, 2.24) is 20.4 Å². The van der Waals surface area contributed by atoms with Crippen molar-refractivity contribution in [3.8, 4) is 0 Å². The number of carbonyl (C=O) groups is 1. The molecule has 2 unspecified atom stereocenters. The van der Waals surface area contributed by atoms with E-state index in [0.717, 1.165) is 32.0 Å². The van der Waals surface area contributed by atoms with Crippen LogP contribution in [0.1, 0.15) is 54.3 Å². The quantitative estimate of drug-likeness (QED) is 0.873. The molecule has 0 radical (unpaired) electrons. The van der Waals surface area contributed by atoms with E-state index < -0.39 is 17.7 Å². The van der Waals surface area contributed by atoms with E-state index in [2.05, 4.69) is 15.7 Å². The van der Waals surface area contributed by atoms with Gasteiger partial charge in [0.25, 0.3) is 5.91 Å². The Kier molecular flexibility index (Phi) is 5.43. The summed E-state index contributed by atoms with van der Waals surface area (Å²) in [5.41, 5.74) is 0.569. The van der Waals surface area contributed by atoms with Gasteiger partial charge in [0.05, 0.1) is 12.1 Å². The van der Waals surface area contributed by atoms with Crippen LogP contribution in [0.5, 0.6) is 0 Å². The van der Waals surface area contributed by atoms with Gasteiger partial charge < -0.3 is 10.6 Å². The fourth-order valence-electron chi connectivity index (χ4n) is 3.14. The zero-order chi connectivity index (χ0) is 17.8. The van der Waals surface area contributed by atoms with Crippen molar-refractivity contribution in [3.63, 3.8) is 0 Å². The third-order valence-electron chi connectivity index (χ3n) is 4.54. The number of rotatable bonds is 5. The van der Waals surface area contributed by atoms with Crippen LogP contribution in [0.3, 0.4) is 0 Å². The monoisotopic (exact) mass is 348 g/mol. The van der Waals surface area contributed by atoms with Gasteiger partial charge in [-0.15, -0.1) is 0 Å². The Morgan fingerprint density at radius 1 is 1.44 bits per heavy atom. The summed E-state index contributed by atoms with van der Waals surface area (Å²) in [4.78, 5) is 12.5. The third-order valence-corrected chi connectivity index (χ3v) is 4.54. The number of piperidine rings is 1. The molecule has 5 nitrogen and oxygen atoms in total. The molecular formula is C18H22F2N4O. The van der Waals surface area contributed by atoms with E-state index in [1.165, 1.54) is 12.1 Å². The normalized spacial score (nSPS) is 18.8.